The molecule has 1 radical (unpaired) electrons. The van der Waals surface area contributed by atoms with Crippen molar-refractivity contribution in [1.29, 1.82) is 0 Å². The highest BCUT2D eigenvalue weighted by molar-refractivity contribution is 4.91. The van der Waals surface area contributed by atoms with E-state index in [9.17, 15) is 0 Å². The van der Waals surface area contributed by atoms with Gasteiger partial charge in [-0.05, 0) is 19.9 Å². The first-order valence-electron chi connectivity index (χ1n) is 5.06. The van der Waals surface area contributed by atoms with E-state index in [4.69, 9.17) is 10.2 Å². The van der Waals surface area contributed by atoms with E-state index in [0.717, 1.165) is 25.2 Å². The number of aromatic nitrogens is 2. The van der Waals surface area contributed by atoms with Crippen LogP contribution in [0.3, 0.4) is 0 Å². The normalized spacial score (nSPS) is 13.0. The summed E-state index contributed by atoms with van der Waals surface area (Å²) in [5.41, 5.74) is 1.02. The van der Waals surface area contributed by atoms with Gasteiger partial charge in [0.1, 0.15) is 0 Å². The molecule has 0 amide bonds. The van der Waals surface area contributed by atoms with Crippen molar-refractivity contribution < 1.29 is 10.2 Å². The number of nitrogens with one attached hydrogen (secondary N) is 1. The fourth-order valence-corrected chi connectivity index (χ4v) is 1.23. The lowest BCUT2D eigenvalue weighted by atomic mass is 10.3. The Morgan fingerprint density at radius 3 is 3.07 bits per heavy atom. The summed E-state index contributed by atoms with van der Waals surface area (Å²) in [6, 6.07) is 0. The molecule has 1 unspecified atom stereocenters. The van der Waals surface area contributed by atoms with Gasteiger partial charge < -0.3 is 20.1 Å². The molecule has 0 aliphatic heterocycles. The predicted octanol–water partition coefficient (Wildman–Crippen LogP) is -0.314. The molecule has 0 spiro atoms. The maximum atomic E-state index is 8.99. The molecule has 3 N–H and O–H groups in total. The van der Waals surface area contributed by atoms with E-state index in [2.05, 4.69) is 10.3 Å². The summed E-state index contributed by atoms with van der Waals surface area (Å²) < 4.78 is 2.03. The number of nitrogens with zero attached hydrogens (tertiary/aromatic N) is 2. The SMILES string of the molecule is Cc1cn(CCCN[CH]C(O)CO)cn1. The van der Waals surface area contributed by atoms with Gasteiger partial charge in [0, 0.05) is 12.7 Å². The van der Waals surface area contributed by atoms with Crippen LogP contribution in [-0.4, -0.2) is 39.0 Å². The molecule has 1 atom stereocenters. The van der Waals surface area contributed by atoms with Gasteiger partial charge in [0.2, 0.25) is 0 Å². The smallest absolute Gasteiger partial charge is 0.0949 e. The number of aryl methyl sites for hydroxylation is 2. The molecule has 0 aromatic carbocycles. The third-order valence-electron chi connectivity index (χ3n) is 2.00. The highest BCUT2D eigenvalue weighted by atomic mass is 16.3. The Morgan fingerprint density at radius 2 is 2.47 bits per heavy atom. The Morgan fingerprint density at radius 1 is 1.67 bits per heavy atom. The maximum Gasteiger partial charge on any atom is 0.0949 e. The minimum Gasteiger partial charge on any atom is -0.394 e. The van der Waals surface area contributed by atoms with Crippen molar-refractivity contribution in [1.82, 2.24) is 14.9 Å². The van der Waals surface area contributed by atoms with Crippen LogP contribution in [0.2, 0.25) is 0 Å². The summed E-state index contributed by atoms with van der Waals surface area (Å²) in [6.07, 6.45) is 3.97. The Balaban J connectivity index is 2.02. The van der Waals surface area contributed by atoms with Crippen LogP contribution >= 0.6 is 0 Å². The zero-order valence-corrected chi connectivity index (χ0v) is 8.93. The zero-order valence-electron chi connectivity index (χ0n) is 8.93. The van der Waals surface area contributed by atoms with Gasteiger partial charge in [-0.3, -0.25) is 0 Å². The number of hydrogen-bond acceptors (Lipinski definition) is 4. The minimum absolute atomic E-state index is 0.242. The lowest BCUT2D eigenvalue weighted by molar-refractivity contribution is 0.113. The van der Waals surface area contributed by atoms with Gasteiger partial charge in [-0.25, -0.2) is 4.98 Å². The molecule has 1 aromatic rings. The molecule has 15 heavy (non-hydrogen) atoms. The molecule has 1 aromatic heterocycles. The summed E-state index contributed by atoms with van der Waals surface area (Å²) in [5, 5.41) is 20.5. The molecule has 5 nitrogen and oxygen atoms in total. The zero-order chi connectivity index (χ0) is 11.1. The summed E-state index contributed by atoms with van der Waals surface area (Å²) in [6.45, 7) is 4.89. The van der Waals surface area contributed by atoms with Gasteiger partial charge in [0.15, 0.2) is 0 Å². The summed E-state index contributed by atoms with van der Waals surface area (Å²) >= 11 is 0. The number of aliphatic hydroxyl groups excluding tert-OH is 2. The molecule has 0 saturated carbocycles. The van der Waals surface area contributed by atoms with Gasteiger partial charge >= 0.3 is 0 Å². The van der Waals surface area contributed by atoms with Crippen molar-refractivity contribution in [3.8, 4) is 0 Å². The lowest BCUT2D eigenvalue weighted by Gasteiger charge is -2.08. The predicted molar refractivity (Wildman–Crippen MR) is 57.0 cm³/mol. The van der Waals surface area contributed by atoms with Crippen LogP contribution in [0.4, 0.5) is 0 Å². The lowest BCUT2D eigenvalue weighted by Crippen LogP contribution is -2.24. The Hall–Kier alpha value is -0.910. The van der Waals surface area contributed by atoms with Crippen LogP contribution in [0.15, 0.2) is 12.5 Å². The third-order valence-corrected chi connectivity index (χ3v) is 2.00. The quantitative estimate of drug-likeness (QED) is 0.542. The van der Waals surface area contributed by atoms with E-state index in [1.165, 1.54) is 6.54 Å². The van der Waals surface area contributed by atoms with Crippen LogP contribution in [0.25, 0.3) is 0 Å². The Kier molecular flexibility index (Phi) is 5.31. The Bertz CT molecular complexity index is 275. The minimum atomic E-state index is -0.777. The summed E-state index contributed by atoms with van der Waals surface area (Å²) in [5.74, 6) is 0. The van der Waals surface area contributed by atoms with Crippen molar-refractivity contribution in [2.24, 2.45) is 0 Å². The van der Waals surface area contributed by atoms with Crippen molar-refractivity contribution >= 4 is 0 Å². The molecule has 0 saturated heterocycles. The van der Waals surface area contributed by atoms with E-state index in [1.54, 1.807) is 0 Å². The van der Waals surface area contributed by atoms with Crippen LogP contribution in [0.5, 0.6) is 0 Å². The van der Waals surface area contributed by atoms with E-state index >= 15 is 0 Å². The van der Waals surface area contributed by atoms with Crippen molar-refractivity contribution in [2.75, 3.05) is 13.2 Å². The van der Waals surface area contributed by atoms with Crippen LogP contribution in [0.1, 0.15) is 12.1 Å². The third kappa shape index (κ3) is 4.92. The van der Waals surface area contributed by atoms with Crippen LogP contribution < -0.4 is 5.32 Å². The van der Waals surface area contributed by atoms with E-state index in [1.807, 2.05) is 24.0 Å². The molecule has 1 rings (SSSR count). The number of hydrogen-bond donors (Lipinski definition) is 3. The molecule has 1 heterocycles. The van der Waals surface area contributed by atoms with Crippen molar-refractivity contribution in [3.63, 3.8) is 0 Å². The van der Waals surface area contributed by atoms with Gasteiger partial charge in [-0.1, -0.05) is 0 Å². The highest BCUT2D eigenvalue weighted by Gasteiger charge is 2.00. The average molecular weight is 212 g/mol. The van der Waals surface area contributed by atoms with Gasteiger partial charge in [0.05, 0.1) is 31.3 Å². The van der Waals surface area contributed by atoms with Crippen molar-refractivity contribution in [3.05, 3.63) is 24.8 Å². The monoisotopic (exact) mass is 212 g/mol. The topological polar surface area (TPSA) is 70.3 Å². The fourth-order valence-electron chi connectivity index (χ4n) is 1.23. The summed E-state index contributed by atoms with van der Waals surface area (Å²) in [4.78, 5) is 4.12. The maximum absolute atomic E-state index is 8.99. The average Bonchev–Trinajstić information content (AvgIpc) is 2.63. The molecular weight excluding hydrogens is 194 g/mol. The molecule has 0 fully saturated rings. The van der Waals surface area contributed by atoms with Crippen LogP contribution in [0, 0.1) is 13.5 Å². The Labute approximate surface area is 89.8 Å². The first-order valence-corrected chi connectivity index (χ1v) is 5.06. The molecule has 0 aliphatic rings. The van der Waals surface area contributed by atoms with Gasteiger partial charge in [-0.2, -0.15) is 0 Å². The second-order valence-electron chi connectivity index (χ2n) is 3.48. The molecule has 85 valence electrons. The first-order chi connectivity index (χ1) is 7.22. The number of aliphatic hydroxyl groups is 2. The second-order valence-corrected chi connectivity index (χ2v) is 3.48. The van der Waals surface area contributed by atoms with Crippen molar-refractivity contribution in [2.45, 2.75) is 26.0 Å². The second kappa shape index (κ2) is 6.55. The van der Waals surface area contributed by atoms with Crippen LogP contribution in [-0.2, 0) is 6.54 Å². The first kappa shape index (κ1) is 12.2. The van der Waals surface area contributed by atoms with E-state index in [-0.39, 0.29) is 6.61 Å². The highest BCUT2D eigenvalue weighted by Crippen LogP contribution is 1.95. The number of imidazole rings is 1. The summed E-state index contributed by atoms with van der Waals surface area (Å²) in [7, 11) is 0. The molecule has 0 aliphatic carbocycles. The van der Waals surface area contributed by atoms with Gasteiger partial charge in [-0.15, -0.1) is 0 Å². The number of rotatable bonds is 7. The largest absolute Gasteiger partial charge is 0.394 e. The van der Waals surface area contributed by atoms with Gasteiger partial charge in [0.25, 0.3) is 0 Å². The standard InChI is InChI=1S/C10H18N3O2/c1-9-6-13(8-12-9)4-2-3-11-5-10(15)7-14/h5-6,8,10-11,14-15H,2-4,7H2,1H3. The van der Waals surface area contributed by atoms with E-state index in [0.29, 0.717) is 0 Å². The van der Waals surface area contributed by atoms with E-state index < -0.39 is 6.10 Å². The molecular formula is C10H18N3O2. The molecule has 0 bridgehead atoms. The fraction of sp³-hybridized carbons (Fsp3) is 0.600. The molecule has 5 heteroatoms.